The molecule has 0 aliphatic heterocycles. The molecule has 0 spiro atoms. The highest BCUT2D eigenvalue weighted by Gasteiger charge is 2.22. The fourth-order valence-corrected chi connectivity index (χ4v) is 2.46. The van der Waals surface area contributed by atoms with Crippen LogP contribution in [0.2, 0.25) is 0 Å². The van der Waals surface area contributed by atoms with E-state index in [1.54, 1.807) is 6.07 Å². The largest absolute Gasteiger partial charge is 0.465 e. The Morgan fingerprint density at radius 3 is 2.76 bits per heavy atom. The third-order valence-electron chi connectivity index (χ3n) is 3.39. The van der Waals surface area contributed by atoms with Crippen molar-refractivity contribution in [1.29, 1.82) is 0 Å². The summed E-state index contributed by atoms with van der Waals surface area (Å²) in [5.74, 6) is 0.497. The zero-order chi connectivity index (χ0) is 12.3. The summed E-state index contributed by atoms with van der Waals surface area (Å²) < 4.78 is 4.78. The van der Waals surface area contributed by atoms with Gasteiger partial charge < -0.3 is 10.1 Å². The van der Waals surface area contributed by atoms with Gasteiger partial charge >= 0.3 is 5.97 Å². The molecule has 3 heteroatoms. The molecule has 2 rings (SSSR count). The van der Waals surface area contributed by atoms with Gasteiger partial charge in [0, 0.05) is 11.7 Å². The molecule has 2 unspecified atom stereocenters. The summed E-state index contributed by atoms with van der Waals surface area (Å²) in [7, 11) is 1.41. The molecule has 0 heterocycles. The molecule has 2 atom stereocenters. The van der Waals surface area contributed by atoms with Crippen LogP contribution in [0.1, 0.15) is 36.5 Å². The molecule has 1 aromatic carbocycles. The summed E-state index contributed by atoms with van der Waals surface area (Å²) in [5.41, 5.74) is 1.51. The number of nitrogens with one attached hydrogen (secondary N) is 1. The Balaban J connectivity index is 2.12. The average Bonchev–Trinajstić information content (AvgIpc) is 2.74. The van der Waals surface area contributed by atoms with Gasteiger partial charge in [-0.1, -0.05) is 19.1 Å². The van der Waals surface area contributed by atoms with E-state index >= 15 is 0 Å². The predicted octanol–water partition coefficient (Wildman–Crippen LogP) is 3.07. The van der Waals surface area contributed by atoms with E-state index in [2.05, 4.69) is 12.2 Å². The van der Waals surface area contributed by atoms with Crippen LogP contribution in [-0.4, -0.2) is 19.1 Å². The second kappa shape index (κ2) is 5.21. The highest BCUT2D eigenvalue weighted by molar-refractivity contribution is 5.95. The zero-order valence-corrected chi connectivity index (χ0v) is 10.4. The first-order valence-corrected chi connectivity index (χ1v) is 6.14. The van der Waals surface area contributed by atoms with E-state index in [-0.39, 0.29) is 5.97 Å². The van der Waals surface area contributed by atoms with Gasteiger partial charge in [-0.25, -0.2) is 4.79 Å². The molecule has 0 amide bonds. The number of methoxy groups -OCH3 is 1. The minimum Gasteiger partial charge on any atom is -0.465 e. The van der Waals surface area contributed by atoms with Gasteiger partial charge in [0.2, 0.25) is 0 Å². The van der Waals surface area contributed by atoms with Crippen LogP contribution in [0.5, 0.6) is 0 Å². The number of hydrogen-bond donors (Lipinski definition) is 1. The number of esters is 1. The Bertz CT molecular complexity index is 403. The maximum atomic E-state index is 11.6. The Morgan fingerprint density at radius 2 is 2.12 bits per heavy atom. The Morgan fingerprint density at radius 1 is 1.35 bits per heavy atom. The first kappa shape index (κ1) is 12.0. The number of anilines is 1. The molecule has 0 saturated heterocycles. The van der Waals surface area contributed by atoms with E-state index in [0.717, 1.165) is 11.6 Å². The minimum absolute atomic E-state index is 0.279. The molecule has 1 fully saturated rings. The van der Waals surface area contributed by atoms with Crippen LogP contribution in [0.25, 0.3) is 0 Å². The number of hydrogen-bond acceptors (Lipinski definition) is 3. The fraction of sp³-hybridized carbons (Fsp3) is 0.500. The van der Waals surface area contributed by atoms with Crippen molar-refractivity contribution >= 4 is 11.7 Å². The Kier molecular flexibility index (Phi) is 3.67. The van der Waals surface area contributed by atoms with Gasteiger partial charge in [-0.3, -0.25) is 0 Å². The Labute approximate surface area is 102 Å². The molecular weight excluding hydrogens is 214 g/mol. The van der Waals surface area contributed by atoms with Crippen molar-refractivity contribution in [3.8, 4) is 0 Å². The summed E-state index contributed by atoms with van der Waals surface area (Å²) in [6.45, 7) is 2.27. The molecule has 1 N–H and O–H groups in total. The van der Waals surface area contributed by atoms with E-state index in [1.165, 1.54) is 26.4 Å². The van der Waals surface area contributed by atoms with Crippen molar-refractivity contribution in [2.24, 2.45) is 5.92 Å². The second-order valence-electron chi connectivity index (χ2n) is 4.80. The van der Waals surface area contributed by atoms with Crippen molar-refractivity contribution in [3.05, 3.63) is 29.8 Å². The maximum Gasteiger partial charge on any atom is 0.339 e. The van der Waals surface area contributed by atoms with Crippen LogP contribution in [0.3, 0.4) is 0 Å². The van der Waals surface area contributed by atoms with E-state index in [1.807, 2.05) is 18.2 Å². The van der Waals surface area contributed by atoms with E-state index < -0.39 is 0 Å². The van der Waals surface area contributed by atoms with E-state index in [4.69, 9.17) is 4.74 Å². The van der Waals surface area contributed by atoms with Crippen LogP contribution in [0.4, 0.5) is 5.69 Å². The summed E-state index contributed by atoms with van der Waals surface area (Å²) in [5, 5.41) is 3.45. The van der Waals surface area contributed by atoms with Gasteiger partial charge in [0.05, 0.1) is 12.7 Å². The molecule has 1 aromatic rings. The van der Waals surface area contributed by atoms with Crippen LogP contribution in [-0.2, 0) is 4.74 Å². The lowest BCUT2D eigenvalue weighted by molar-refractivity contribution is 0.0602. The lowest BCUT2D eigenvalue weighted by atomic mass is 10.1. The van der Waals surface area contributed by atoms with Crippen molar-refractivity contribution in [3.63, 3.8) is 0 Å². The standard InChI is InChI=1S/C14H19NO2/c1-10-7-8-11(9-10)15-13-6-4-3-5-12(13)14(16)17-2/h3-6,10-11,15H,7-9H2,1-2H3. The third-order valence-corrected chi connectivity index (χ3v) is 3.39. The van der Waals surface area contributed by atoms with Crippen molar-refractivity contribution in [2.45, 2.75) is 32.2 Å². The number of para-hydroxylation sites is 1. The molecule has 1 saturated carbocycles. The molecule has 3 nitrogen and oxygen atoms in total. The monoisotopic (exact) mass is 233 g/mol. The Hall–Kier alpha value is -1.51. The maximum absolute atomic E-state index is 11.6. The van der Waals surface area contributed by atoms with Gasteiger partial charge in [0.25, 0.3) is 0 Å². The summed E-state index contributed by atoms with van der Waals surface area (Å²) in [6.07, 6.45) is 3.62. The molecule has 0 aromatic heterocycles. The topological polar surface area (TPSA) is 38.3 Å². The van der Waals surface area contributed by atoms with E-state index in [9.17, 15) is 4.79 Å². The molecule has 0 bridgehead atoms. The first-order chi connectivity index (χ1) is 8.20. The van der Waals surface area contributed by atoms with Crippen molar-refractivity contribution in [1.82, 2.24) is 0 Å². The van der Waals surface area contributed by atoms with Crippen LogP contribution < -0.4 is 5.32 Å². The van der Waals surface area contributed by atoms with E-state index in [0.29, 0.717) is 11.6 Å². The lowest BCUT2D eigenvalue weighted by Crippen LogP contribution is -2.18. The second-order valence-corrected chi connectivity index (χ2v) is 4.80. The fourth-order valence-electron chi connectivity index (χ4n) is 2.46. The summed E-state index contributed by atoms with van der Waals surface area (Å²) in [4.78, 5) is 11.6. The predicted molar refractivity (Wildman–Crippen MR) is 68.2 cm³/mol. The molecular formula is C14H19NO2. The summed E-state index contributed by atoms with van der Waals surface area (Å²) >= 11 is 0. The number of carbonyl (C=O) groups is 1. The zero-order valence-electron chi connectivity index (χ0n) is 10.4. The van der Waals surface area contributed by atoms with Crippen LogP contribution in [0.15, 0.2) is 24.3 Å². The van der Waals surface area contributed by atoms with Gasteiger partial charge in [0.15, 0.2) is 0 Å². The number of carbonyl (C=O) groups excluding carboxylic acids is 1. The lowest BCUT2D eigenvalue weighted by Gasteiger charge is -2.16. The minimum atomic E-state index is -0.279. The van der Waals surface area contributed by atoms with Crippen molar-refractivity contribution in [2.75, 3.05) is 12.4 Å². The van der Waals surface area contributed by atoms with Gasteiger partial charge in [-0.15, -0.1) is 0 Å². The molecule has 0 radical (unpaired) electrons. The molecule has 1 aliphatic rings. The van der Waals surface area contributed by atoms with Gasteiger partial charge in [-0.05, 0) is 37.3 Å². The highest BCUT2D eigenvalue weighted by atomic mass is 16.5. The van der Waals surface area contributed by atoms with Gasteiger partial charge in [0.1, 0.15) is 0 Å². The van der Waals surface area contributed by atoms with Crippen molar-refractivity contribution < 1.29 is 9.53 Å². The molecule has 92 valence electrons. The highest BCUT2D eigenvalue weighted by Crippen LogP contribution is 2.28. The van der Waals surface area contributed by atoms with Gasteiger partial charge in [-0.2, -0.15) is 0 Å². The SMILES string of the molecule is COC(=O)c1ccccc1NC1CCC(C)C1. The summed E-state index contributed by atoms with van der Waals surface area (Å²) in [6, 6.07) is 8.01. The number of benzene rings is 1. The number of rotatable bonds is 3. The average molecular weight is 233 g/mol. The molecule has 17 heavy (non-hydrogen) atoms. The number of ether oxygens (including phenoxy) is 1. The third kappa shape index (κ3) is 2.78. The normalized spacial score (nSPS) is 23.4. The smallest absolute Gasteiger partial charge is 0.339 e. The van der Waals surface area contributed by atoms with Crippen LogP contribution >= 0.6 is 0 Å². The first-order valence-electron chi connectivity index (χ1n) is 6.14. The van der Waals surface area contributed by atoms with Crippen LogP contribution in [0, 0.1) is 5.92 Å². The molecule has 1 aliphatic carbocycles. The quantitative estimate of drug-likeness (QED) is 0.815.